The Hall–Kier alpha value is -4.33. The van der Waals surface area contributed by atoms with Gasteiger partial charge in [-0.1, -0.05) is 18.2 Å². The minimum atomic E-state index is -0.889. The molecule has 1 fully saturated rings. The highest BCUT2D eigenvalue weighted by Gasteiger charge is 2.46. The number of aliphatic hydroxyl groups excluding tert-OH is 1. The third-order valence-corrected chi connectivity index (χ3v) is 7.24. The van der Waals surface area contributed by atoms with E-state index in [4.69, 9.17) is 14.2 Å². The van der Waals surface area contributed by atoms with E-state index in [9.17, 15) is 14.7 Å². The second-order valence-electron chi connectivity index (χ2n) is 9.44. The number of carbonyl (C=O) groups excluding carboxylic acids is 2. The van der Waals surface area contributed by atoms with Crippen LogP contribution in [0.3, 0.4) is 0 Å². The number of ketones is 1. The van der Waals surface area contributed by atoms with Crippen LogP contribution in [-0.2, 0) is 29.0 Å². The molecule has 1 unspecified atom stereocenters. The van der Waals surface area contributed by atoms with E-state index in [-0.39, 0.29) is 17.9 Å². The number of methoxy groups -OCH3 is 3. The van der Waals surface area contributed by atoms with Crippen molar-refractivity contribution in [2.75, 3.05) is 21.3 Å². The zero-order valence-electron chi connectivity index (χ0n) is 21.7. The van der Waals surface area contributed by atoms with Crippen molar-refractivity contribution in [3.8, 4) is 17.2 Å². The molecule has 2 heterocycles. The number of hydrogen-bond acceptors (Lipinski definition) is 7. The molecule has 1 aliphatic carbocycles. The maximum Gasteiger partial charge on any atom is 0.295 e. The monoisotopic (exact) mass is 514 g/mol. The smallest absolute Gasteiger partial charge is 0.295 e. The third kappa shape index (κ3) is 4.47. The number of aryl methyl sites for hydroxylation is 2. The van der Waals surface area contributed by atoms with Gasteiger partial charge in [-0.2, -0.15) is 0 Å². The number of ether oxygens (including phenoxy) is 3. The van der Waals surface area contributed by atoms with Gasteiger partial charge >= 0.3 is 0 Å². The summed E-state index contributed by atoms with van der Waals surface area (Å²) in [5, 5.41) is 11.6. The van der Waals surface area contributed by atoms with Crippen LogP contribution in [0.1, 0.15) is 46.7 Å². The van der Waals surface area contributed by atoms with Gasteiger partial charge < -0.3 is 24.2 Å². The molecule has 8 heteroatoms. The van der Waals surface area contributed by atoms with Gasteiger partial charge in [0.25, 0.3) is 11.7 Å². The van der Waals surface area contributed by atoms with Gasteiger partial charge in [0.15, 0.2) is 11.5 Å². The van der Waals surface area contributed by atoms with Gasteiger partial charge in [-0.05, 0) is 72.2 Å². The maximum absolute atomic E-state index is 13.5. The van der Waals surface area contributed by atoms with Gasteiger partial charge in [0.1, 0.15) is 5.76 Å². The van der Waals surface area contributed by atoms with Gasteiger partial charge in [-0.25, -0.2) is 0 Å². The minimum Gasteiger partial charge on any atom is -0.507 e. The van der Waals surface area contributed by atoms with Crippen LogP contribution >= 0.6 is 0 Å². The summed E-state index contributed by atoms with van der Waals surface area (Å²) in [7, 11) is 4.51. The number of nitrogens with zero attached hydrogens (tertiary/aromatic N) is 2. The first kappa shape index (κ1) is 25.3. The molecule has 2 aliphatic rings. The number of carbonyl (C=O) groups is 2. The summed E-state index contributed by atoms with van der Waals surface area (Å²) in [4.78, 5) is 32.5. The fraction of sp³-hybridized carbons (Fsp3) is 0.300. The number of benzene rings is 2. The normalized spacial score (nSPS) is 18.3. The van der Waals surface area contributed by atoms with E-state index in [1.54, 1.807) is 30.6 Å². The lowest BCUT2D eigenvalue weighted by Gasteiger charge is -2.26. The van der Waals surface area contributed by atoms with Crippen LogP contribution in [0.15, 0.2) is 60.4 Å². The number of rotatable bonds is 7. The topological polar surface area (TPSA) is 98.2 Å². The number of aromatic nitrogens is 1. The molecule has 0 radical (unpaired) electrons. The van der Waals surface area contributed by atoms with Crippen molar-refractivity contribution in [2.24, 2.45) is 0 Å². The molecule has 1 aliphatic heterocycles. The lowest BCUT2D eigenvalue weighted by Crippen LogP contribution is -2.29. The Kier molecular flexibility index (Phi) is 7.05. The molecule has 0 saturated carbocycles. The molecule has 38 heavy (non-hydrogen) atoms. The van der Waals surface area contributed by atoms with Crippen molar-refractivity contribution in [2.45, 2.75) is 38.3 Å². The van der Waals surface area contributed by atoms with E-state index in [0.717, 1.165) is 36.8 Å². The van der Waals surface area contributed by atoms with Gasteiger partial charge in [-0.15, -0.1) is 0 Å². The largest absolute Gasteiger partial charge is 0.507 e. The summed E-state index contributed by atoms with van der Waals surface area (Å²) >= 11 is 0. The van der Waals surface area contributed by atoms with E-state index >= 15 is 0 Å². The van der Waals surface area contributed by atoms with Gasteiger partial charge in [0.2, 0.25) is 5.75 Å². The zero-order valence-corrected chi connectivity index (χ0v) is 21.7. The number of Topliss-reactive ketones (excluding diaryl/α,β-unsaturated/α-hetero) is 1. The van der Waals surface area contributed by atoms with E-state index in [1.165, 1.54) is 31.8 Å². The SMILES string of the molecule is COc1cc(C2/C(=C(\O)c3ccc4c(c3)CCCC4)C(=O)C(=O)N2Cc2cccnc2)cc(OC)c1OC. The van der Waals surface area contributed by atoms with Crippen LogP contribution in [-0.4, -0.2) is 48.0 Å². The Balaban J connectivity index is 1.70. The van der Waals surface area contributed by atoms with E-state index in [2.05, 4.69) is 4.98 Å². The molecule has 1 atom stereocenters. The van der Waals surface area contributed by atoms with Gasteiger partial charge in [0, 0.05) is 24.5 Å². The average molecular weight is 515 g/mol. The first-order valence-electron chi connectivity index (χ1n) is 12.6. The molecule has 1 aromatic heterocycles. The lowest BCUT2D eigenvalue weighted by molar-refractivity contribution is -0.140. The highest BCUT2D eigenvalue weighted by Crippen LogP contribution is 2.46. The number of fused-ring (bicyclic) bond motifs is 1. The van der Waals surface area contributed by atoms with Gasteiger partial charge in [-0.3, -0.25) is 14.6 Å². The highest BCUT2D eigenvalue weighted by atomic mass is 16.5. The van der Waals surface area contributed by atoms with Crippen molar-refractivity contribution < 1.29 is 28.9 Å². The summed E-state index contributed by atoms with van der Waals surface area (Å²) in [5.41, 5.74) is 4.24. The molecular weight excluding hydrogens is 484 g/mol. The van der Waals surface area contributed by atoms with Crippen molar-refractivity contribution in [3.63, 3.8) is 0 Å². The summed E-state index contributed by atoms with van der Waals surface area (Å²) < 4.78 is 16.6. The number of pyridine rings is 1. The molecule has 8 nitrogen and oxygen atoms in total. The quantitative estimate of drug-likeness (QED) is 0.279. The number of likely N-dealkylation sites (tertiary alicyclic amines) is 1. The Morgan fingerprint density at radius 1 is 0.974 bits per heavy atom. The Bertz CT molecular complexity index is 1390. The first-order valence-corrected chi connectivity index (χ1v) is 12.6. The lowest BCUT2D eigenvalue weighted by atomic mass is 9.88. The molecule has 1 saturated heterocycles. The van der Waals surface area contributed by atoms with Gasteiger partial charge in [0.05, 0.1) is 32.9 Å². The minimum absolute atomic E-state index is 0.0175. The summed E-state index contributed by atoms with van der Waals surface area (Å²) in [6.45, 7) is 0.126. The fourth-order valence-corrected chi connectivity index (χ4v) is 5.37. The van der Waals surface area contributed by atoms with Crippen molar-refractivity contribution >= 4 is 17.4 Å². The molecular formula is C30H30N2O6. The molecule has 1 N–H and O–H groups in total. The fourth-order valence-electron chi connectivity index (χ4n) is 5.37. The zero-order chi connectivity index (χ0) is 26.8. The number of amides is 1. The molecule has 0 spiro atoms. The summed E-state index contributed by atoms with van der Waals surface area (Å²) in [6.07, 6.45) is 7.43. The van der Waals surface area contributed by atoms with E-state index in [0.29, 0.717) is 28.4 Å². The van der Waals surface area contributed by atoms with E-state index < -0.39 is 17.7 Å². The predicted molar refractivity (Wildman–Crippen MR) is 141 cm³/mol. The average Bonchev–Trinajstić information content (AvgIpc) is 3.21. The Labute approximate surface area is 221 Å². The number of aliphatic hydroxyl groups is 1. The Morgan fingerprint density at radius 3 is 2.32 bits per heavy atom. The predicted octanol–water partition coefficient (Wildman–Crippen LogP) is 4.61. The molecule has 1 amide bonds. The molecule has 2 aromatic carbocycles. The van der Waals surface area contributed by atoms with Crippen LogP contribution in [0.25, 0.3) is 5.76 Å². The standard InChI is InChI=1S/C30H30N2O6/c1-36-23-14-22(15-24(37-2)29(23)38-3)26-25(27(33)21-11-10-19-8-4-5-9-20(19)13-21)28(34)30(35)32(26)17-18-7-6-12-31-16-18/h6-7,10-16,26,33H,4-5,8-9,17H2,1-3H3/b27-25+. The maximum atomic E-state index is 13.5. The number of hydrogen-bond donors (Lipinski definition) is 1. The second kappa shape index (κ2) is 10.6. The first-order chi connectivity index (χ1) is 18.5. The third-order valence-electron chi connectivity index (χ3n) is 7.24. The van der Waals surface area contributed by atoms with Crippen molar-refractivity contribution in [1.82, 2.24) is 9.88 Å². The molecule has 196 valence electrons. The van der Waals surface area contributed by atoms with Crippen LogP contribution in [0.2, 0.25) is 0 Å². The molecule has 3 aromatic rings. The van der Waals surface area contributed by atoms with Crippen LogP contribution in [0, 0.1) is 0 Å². The summed E-state index contributed by atoms with van der Waals surface area (Å²) in [5.74, 6) is -0.512. The van der Waals surface area contributed by atoms with Crippen LogP contribution in [0.5, 0.6) is 17.2 Å². The van der Waals surface area contributed by atoms with Crippen LogP contribution in [0.4, 0.5) is 0 Å². The second-order valence-corrected chi connectivity index (χ2v) is 9.44. The van der Waals surface area contributed by atoms with Crippen LogP contribution < -0.4 is 14.2 Å². The van der Waals surface area contributed by atoms with E-state index in [1.807, 2.05) is 24.3 Å². The van der Waals surface area contributed by atoms with Crippen molar-refractivity contribution in [3.05, 3.63) is 88.2 Å². The molecule has 0 bridgehead atoms. The highest BCUT2D eigenvalue weighted by molar-refractivity contribution is 6.46. The Morgan fingerprint density at radius 2 is 1.68 bits per heavy atom. The van der Waals surface area contributed by atoms with Crippen molar-refractivity contribution in [1.29, 1.82) is 0 Å². The summed E-state index contributed by atoms with van der Waals surface area (Å²) in [6, 6.07) is 11.9. The molecule has 5 rings (SSSR count).